The van der Waals surface area contributed by atoms with Gasteiger partial charge in [-0.2, -0.15) is 10.1 Å². The van der Waals surface area contributed by atoms with Crippen molar-refractivity contribution in [1.29, 1.82) is 0 Å². The number of hydrazone groups is 1. The molecule has 1 fully saturated rings. The third kappa shape index (κ3) is 4.65. The highest BCUT2D eigenvalue weighted by Gasteiger charge is 2.29. The van der Waals surface area contributed by atoms with Crippen LogP contribution in [0.5, 0.6) is 0 Å². The summed E-state index contributed by atoms with van der Waals surface area (Å²) in [5.41, 5.74) is 4.66. The molecule has 4 rings (SSSR count). The quantitative estimate of drug-likeness (QED) is 0.575. The zero-order valence-corrected chi connectivity index (χ0v) is 17.0. The maximum atomic E-state index is 13.1. The number of rotatable bonds is 4. The molecule has 3 heterocycles. The van der Waals surface area contributed by atoms with Gasteiger partial charge in [-0.1, -0.05) is 11.6 Å². The molecule has 1 aromatic heterocycles. The average Bonchev–Trinajstić information content (AvgIpc) is 2.69. The summed E-state index contributed by atoms with van der Waals surface area (Å²) < 4.78 is 42.8. The molecule has 8 nitrogen and oxygen atoms in total. The Labute approximate surface area is 172 Å². The van der Waals surface area contributed by atoms with E-state index in [9.17, 15) is 12.8 Å². The molecule has 0 spiro atoms. The number of anilines is 2. The summed E-state index contributed by atoms with van der Waals surface area (Å²) in [5, 5.41) is 4.33. The molecule has 2 aliphatic heterocycles. The lowest BCUT2D eigenvalue weighted by molar-refractivity contribution is 0.122. The topological polar surface area (TPSA) is 96.8 Å². The van der Waals surface area contributed by atoms with Crippen LogP contribution in [0, 0.1) is 5.82 Å². The van der Waals surface area contributed by atoms with E-state index in [1.165, 1.54) is 24.4 Å². The number of hydrogen-bond donors (Lipinski definition) is 1. The molecule has 1 N–H and O–H groups in total. The van der Waals surface area contributed by atoms with Crippen LogP contribution in [-0.4, -0.2) is 56.7 Å². The van der Waals surface area contributed by atoms with Crippen molar-refractivity contribution in [2.45, 2.75) is 12.2 Å². The fraction of sp³-hybridized carbons (Fsp3) is 0.389. The lowest BCUT2D eigenvalue weighted by atomic mass is 10.1. The van der Waals surface area contributed by atoms with Gasteiger partial charge in [0.25, 0.3) is 0 Å². The van der Waals surface area contributed by atoms with Crippen LogP contribution in [0.15, 0.2) is 23.3 Å². The highest BCUT2D eigenvalue weighted by atomic mass is 35.5. The summed E-state index contributed by atoms with van der Waals surface area (Å²) in [7, 11) is -3.16. The molecule has 0 unspecified atom stereocenters. The number of nitrogens with one attached hydrogen (secondary N) is 1. The summed E-state index contributed by atoms with van der Waals surface area (Å²) in [6.07, 6.45) is 1.78. The summed E-state index contributed by atoms with van der Waals surface area (Å²) in [5.74, 6) is 0.429. The van der Waals surface area contributed by atoms with Crippen LogP contribution in [-0.2, 0) is 26.7 Å². The van der Waals surface area contributed by atoms with Crippen LogP contribution in [0.1, 0.15) is 16.8 Å². The molecule has 2 aliphatic rings. The summed E-state index contributed by atoms with van der Waals surface area (Å²) in [4.78, 5) is 11.0. The first-order valence-corrected chi connectivity index (χ1v) is 11.3. The van der Waals surface area contributed by atoms with E-state index in [-0.39, 0.29) is 22.5 Å². The highest BCUT2D eigenvalue weighted by molar-refractivity contribution is 7.90. The Morgan fingerprint density at radius 3 is 2.83 bits per heavy atom. The van der Waals surface area contributed by atoms with E-state index in [2.05, 4.69) is 20.5 Å². The number of halogens is 2. The fourth-order valence-electron chi connectivity index (χ4n) is 3.27. The second-order valence-corrected chi connectivity index (χ2v) is 9.36. The molecule has 1 saturated heterocycles. The number of benzene rings is 1. The number of morpholine rings is 1. The van der Waals surface area contributed by atoms with Gasteiger partial charge in [0.15, 0.2) is 9.84 Å². The Bertz CT molecular complexity index is 1060. The highest BCUT2D eigenvalue weighted by Crippen LogP contribution is 2.29. The molecule has 0 bridgehead atoms. The second-order valence-electron chi connectivity index (χ2n) is 6.77. The van der Waals surface area contributed by atoms with E-state index in [0.717, 1.165) is 0 Å². The van der Waals surface area contributed by atoms with E-state index in [4.69, 9.17) is 16.3 Å². The number of hydrogen-bond acceptors (Lipinski definition) is 8. The van der Waals surface area contributed by atoms with Gasteiger partial charge < -0.3 is 9.64 Å². The first kappa shape index (κ1) is 20.0. The van der Waals surface area contributed by atoms with Crippen molar-refractivity contribution in [2.75, 3.05) is 42.4 Å². The maximum Gasteiger partial charge on any atom is 0.245 e. The second kappa shape index (κ2) is 8.21. The van der Waals surface area contributed by atoms with Crippen molar-refractivity contribution in [3.8, 4) is 0 Å². The summed E-state index contributed by atoms with van der Waals surface area (Å²) >= 11 is 5.99. The fourth-order valence-corrected chi connectivity index (χ4v) is 4.87. The van der Waals surface area contributed by atoms with Gasteiger partial charge in [-0.15, -0.1) is 0 Å². The average molecular weight is 440 g/mol. The van der Waals surface area contributed by atoms with Crippen molar-refractivity contribution in [3.05, 3.63) is 45.9 Å². The minimum absolute atomic E-state index is 0.0630. The molecule has 1 aromatic carbocycles. The predicted molar refractivity (Wildman–Crippen MR) is 109 cm³/mol. The van der Waals surface area contributed by atoms with Crippen LogP contribution >= 0.6 is 11.6 Å². The number of aromatic nitrogens is 2. The lowest BCUT2D eigenvalue weighted by Gasteiger charge is -2.31. The molecule has 0 saturated carbocycles. The van der Waals surface area contributed by atoms with Gasteiger partial charge in [0.1, 0.15) is 11.6 Å². The number of nitrogens with zero attached hydrogens (tertiary/aromatic N) is 4. The van der Waals surface area contributed by atoms with Crippen molar-refractivity contribution < 1.29 is 17.5 Å². The third-order valence-electron chi connectivity index (χ3n) is 4.73. The summed E-state index contributed by atoms with van der Waals surface area (Å²) in [6, 6.07) is 4.01. The zero-order chi connectivity index (χ0) is 20.4. The van der Waals surface area contributed by atoms with Crippen LogP contribution in [0.25, 0.3) is 0 Å². The van der Waals surface area contributed by atoms with E-state index >= 15 is 0 Å². The molecule has 29 heavy (non-hydrogen) atoms. The number of aryl methyl sites for hydroxylation is 1. The minimum Gasteiger partial charge on any atom is -0.378 e. The van der Waals surface area contributed by atoms with E-state index in [1.54, 1.807) is 0 Å². The molecule has 0 aliphatic carbocycles. The Kier molecular flexibility index (Phi) is 5.66. The first-order valence-electron chi connectivity index (χ1n) is 9.08. The van der Waals surface area contributed by atoms with Crippen molar-refractivity contribution in [1.82, 2.24) is 9.97 Å². The van der Waals surface area contributed by atoms with Gasteiger partial charge in [0.05, 0.1) is 41.7 Å². The zero-order valence-electron chi connectivity index (χ0n) is 15.4. The number of fused-ring (bicyclic) bond motifs is 1. The molecule has 0 radical (unpaired) electrons. The Morgan fingerprint density at radius 1 is 1.28 bits per heavy atom. The molecule has 2 aromatic rings. The van der Waals surface area contributed by atoms with Crippen LogP contribution in [0.4, 0.5) is 16.2 Å². The van der Waals surface area contributed by atoms with Crippen LogP contribution in [0.2, 0.25) is 5.02 Å². The lowest BCUT2D eigenvalue weighted by Crippen LogP contribution is -2.38. The van der Waals surface area contributed by atoms with Crippen molar-refractivity contribution >= 4 is 39.4 Å². The standard InChI is InChI=1S/C18H19ClFN5O3S/c19-15-9-13(20)2-1-12(15)10-21-24-18-22-16-3-8-29(26,27)11-14(16)17(23-18)25-4-6-28-7-5-25/h1-2,9-10H,3-8,11H2,(H,22,23,24)/b21-10+. The molecular formula is C18H19ClFN5O3S. The molecule has 11 heteroatoms. The molecular weight excluding hydrogens is 421 g/mol. The predicted octanol–water partition coefficient (Wildman–Crippen LogP) is 2.02. The maximum absolute atomic E-state index is 13.1. The Balaban J connectivity index is 1.63. The van der Waals surface area contributed by atoms with Gasteiger partial charge in [0.2, 0.25) is 5.95 Å². The normalized spacial score (nSPS) is 18.6. The molecule has 0 atom stereocenters. The van der Waals surface area contributed by atoms with E-state index < -0.39 is 15.7 Å². The summed E-state index contributed by atoms with van der Waals surface area (Å²) in [6.45, 7) is 2.35. The minimum atomic E-state index is -3.16. The van der Waals surface area contributed by atoms with Crippen molar-refractivity contribution in [3.63, 3.8) is 0 Å². The van der Waals surface area contributed by atoms with E-state index in [0.29, 0.717) is 55.4 Å². The van der Waals surface area contributed by atoms with Gasteiger partial charge in [-0.05, 0) is 18.2 Å². The smallest absolute Gasteiger partial charge is 0.245 e. The third-order valence-corrected chi connectivity index (χ3v) is 6.61. The van der Waals surface area contributed by atoms with Crippen LogP contribution in [0.3, 0.4) is 0 Å². The monoisotopic (exact) mass is 439 g/mol. The molecule has 0 amide bonds. The van der Waals surface area contributed by atoms with Gasteiger partial charge in [-0.3, -0.25) is 0 Å². The van der Waals surface area contributed by atoms with Gasteiger partial charge in [-0.25, -0.2) is 23.2 Å². The van der Waals surface area contributed by atoms with Gasteiger partial charge >= 0.3 is 0 Å². The molecule has 154 valence electrons. The Morgan fingerprint density at radius 2 is 2.07 bits per heavy atom. The largest absolute Gasteiger partial charge is 0.378 e. The van der Waals surface area contributed by atoms with Crippen molar-refractivity contribution in [2.24, 2.45) is 5.10 Å². The number of sulfone groups is 1. The number of ether oxygens (including phenoxy) is 1. The SMILES string of the molecule is O=S1(=O)CCc2nc(N/N=C/c3ccc(F)cc3Cl)nc(N3CCOCC3)c2C1. The van der Waals surface area contributed by atoms with Crippen LogP contribution < -0.4 is 10.3 Å². The van der Waals surface area contributed by atoms with E-state index in [1.807, 2.05) is 4.90 Å². The first-order chi connectivity index (χ1) is 13.9. The van der Waals surface area contributed by atoms with Gasteiger partial charge in [0, 0.05) is 30.6 Å². The Hall–Kier alpha value is -2.30.